The zero-order valence-corrected chi connectivity index (χ0v) is 9.25. The Bertz CT molecular complexity index is 418. The molecule has 1 aromatic carbocycles. The maximum Gasteiger partial charge on any atom is 0.345 e. The predicted molar refractivity (Wildman–Crippen MR) is 59.5 cm³/mol. The van der Waals surface area contributed by atoms with Gasteiger partial charge in [0.1, 0.15) is 5.75 Å². The van der Waals surface area contributed by atoms with Gasteiger partial charge in [-0.1, -0.05) is 12.1 Å². The lowest BCUT2D eigenvalue weighted by Gasteiger charge is -2.10. The summed E-state index contributed by atoms with van der Waals surface area (Å²) in [4.78, 5) is 21.6. The second kappa shape index (κ2) is 5.74. The lowest BCUT2D eigenvalue weighted by molar-refractivity contribution is -0.163. The normalized spacial score (nSPS) is 11.6. The van der Waals surface area contributed by atoms with Gasteiger partial charge in [0, 0.05) is 0 Å². The Morgan fingerprint density at radius 1 is 1.41 bits per heavy atom. The molecule has 3 N–H and O–H groups in total. The Kier molecular flexibility index (Phi) is 4.33. The minimum atomic E-state index is -1.21. The van der Waals surface area contributed by atoms with Crippen LogP contribution < -0.4 is 10.5 Å². The summed E-state index contributed by atoms with van der Waals surface area (Å²) in [5.74, 6) is -1.62. The summed E-state index contributed by atoms with van der Waals surface area (Å²) in [6.45, 7) is 0.878. The van der Waals surface area contributed by atoms with E-state index in [0.29, 0.717) is 11.4 Å². The first-order valence-electron chi connectivity index (χ1n) is 4.90. The van der Waals surface area contributed by atoms with E-state index < -0.39 is 18.0 Å². The molecule has 0 fully saturated rings. The third-order valence-electron chi connectivity index (χ3n) is 1.92. The van der Waals surface area contributed by atoms with E-state index in [1.807, 2.05) is 0 Å². The van der Waals surface area contributed by atoms with Crippen LogP contribution in [0.1, 0.15) is 6.92 Å². The third-order valence-corrected chi connectivity index (χ3v) is 1.92. The molecular weight excluding hydrogens is 226 g/mol. The summed E-state index contributed by atoms with van der Waals surface area (Å²) in [6, 6.07) is 6.66. The number of hydrogen-bond donors (Lipinski definition) is 2. The van der Waals surface area contributed by atoms with E-state index in [2.05, 4.69) is 4.74 Å². The van der Waals surface area contributed by atoms with Gasteiger partial charge in [0.25, 0.3) is 0 Å². The molecule has 0 aliphatic heterocycles. The number of anilines is 1. The maximum absolute atomic E-state index is 11.2. The highest BCUT2D eigenvalue weighted by atomic mass is 16.6. The predicted octanol–water partition coefficient (Wildman–Crippen LogP) is 0.664. The number of benzene rings is 1. The highest BCUT2D eigenvalue weighted by molar-refractivity contribution is 5.78. The largest absolute Gasteiger partial charge is 0.480 e. The van der Waals surface area contributed by atoms with Crippen molar-refractivity contribution in [1.82, 2.24) is 0 Å². The van der Waals surface area contributed by atoms with Crippen molar-refractivity contribution in [3.8, 4) is 5.75 Å². The van der Waals surface area contributed by atoms with Crippen LogP contribution in [0.25, 0.3) is 0 Å². The third kappa shape index (κ3) is 4.02. The summed E-state index contributed by atoms with van der Waals surface area (Å²) < 4.78 is 9.66. The number of aliphatic carboxylic acids is 1. The Morgan fingerprint density at radius 2 is 2.06 bits per heavy atom. The van der Waals surface area contributed by atoms with Crippen molar-refractivity contribution in [2.75, 3.05) is 12.3 Å². The molecule has 0 spiro atoms. The van der Waals surface area contributed by atoms with E-state index >= 15 is 0 Å². The first-order valence-corrected chi connectivity index (χ1v) is 4.90. The van der Waals surface area contributed by atoms with E-state index in [-0.39, 0.29) is 6.61 Å². The fourth-order valence-corrected chi connectivity index (χ4v) is 1.03. The molecule has 92 valence electrons. The van der Waals surface area contributed by atoms with E-state index in [0.717, 1.165) is 0 Å². The van der Waals surface area contributed by atoms with Crippen LogP contribution in [0.5, 0.6) is 5.75 Å². The van der Waals surface area contributed by atoms with Crippen LogP contribution in [-0.2, 0) is 14.3 Å². The first kappa shape index (κ1) is 12.8. The van der Waals surface area contributed by atoms with Gasteiger partial charge in [0.2, 0.25) is 0 Å². The van der Waals surface area contributed by atoms with Crippen molar-refractivity contribution in [2.45, 2.75) is 13.0 Å². The Hall–Kier alpha value is -2.24. The average Bonchev–Trinajstić information content (AvgIpc) is 2.27. The van der Waals surface area contributed by atoms with Gasteiger partial charge in [0.05, 0.1) is 5.69 Å². The summed E-state index contributed by atoms with van der Waals surface area (Å²) in [7, 11) is 0. The molecule has 0 aliphatic rings. The number of para-hydroxylation sites is 2. The minimum absolute atomic E-state index is 0.354. The van der Waals surface area contributed by atoms with Gasteiger partial charge in [0.15, 0.2) is 12.7 Å². The Labute approximate surface area is 97.9 Å². The molecule has 1 aromatic rings. The molecule has 0 radical (unpaired) electrons. The molecule has 17 heavy (non-hydrogen) atoms. The molecule has 0 bridgehead atoms. The maximum atomic E-state index is 11.2. The van der Waals surface area contributed by atoms with Gasteiger partial charge in [-0.3, -0.25) is 0 Å². The molecule has 0 aromatic heterocycles. The number of nitrogens with two attached hydrogens (primary N) is 1. The lowest BCUT2D eigenvalue weighted by atomic mass is 10.3. The molecule has 0 saturated heterocycles. The van der Waals surface area contributed by atoms with Gasteiger partial charge in [-0.15, -0.1) is 0 Å². The molecule has 6 nitrogen and oxygen atoms in total. The van der Waals surface area contributed by atoms with Crippen LogP contribution in [0, 0.1) is 0 Å². The van der Waals surface area contributed by atoms with Crippen LogP contribution in [0.3, 0.4) is 0 Å². The van der Waals surface area contributed by atoms with Crippen LogP contribution in [0.2, 0.25) is 0 Å². The van der Waals surface area contributed by atoms with Crippen molar-refractivity contribution < 1.29 is 24.2 Å². The van der Waals surface area contributed by atoms with E-state index in [4.69, 9.17) is 15.6 Å². The number of ether oxygens (including phenoxy) is 2. The van der Waals surface area contributed by atoms with E-state index in [1.54, 1.807) is 24.3 Å². The standard InChI is InChI=1S/C11H13NO5/c1-7(11(14)15)17-10(13)6-16-9-5-3-2-4-8(9)12/h2-5,7H,6,12H2,1H3,(H,14,15). The molecule has 1 unspecified atom stereocenters. The fourth-order valence-electron chi connectivity index (χ4n) is 1.03. The number of carboxylic acid groups (broad SMARTS) is 1. The van der Waals surface area contributed by atoms with Gasteiger partial charge in [-0.05, 0) is 19.1 Å². The van der Waals surface area contributed by atoms with Crippen LogP contribution in [-0.4, -0.2) is 29.8 Å². The second-order valence-electron chi connectivity index (χ2n) is 3.30. The minimum Gasteiger partial charge on any atom is -0.480 e. The topological polar surface area (TPSA) is 98.9 Å². The zero-order chi connectivity index (χ0) is 12.8. The monoisotopic (exact) mass is 239 g/mol. The van der Waals surface area contributed by atoms with Crippen molar-refractivity contribution in [1.29, 1.82) is 0 Å². The van der Waals surface area contributed by atoms with Crippen LogP contribution in [0.15, 0.2) is 24.3 Å². The molecule has 1 atom stereocenters. The summed E-state index contributed by atoms with van der Waals surface area (Å²) >= 11 is 0. The number of nitrogen functional groups attached to an aromatic ring is 1. The van der Waals surface area contributed by atoms with Gasteiger partial charge in [-0.25, -0.2) is 9.59 Å². The number of carbonyl (C=O) groups is 2. The molecule has 1 rings (SSSR count). The zero-order valence-electron chi connectivity index (χ0n) is 9.25. The number of rotatable bonds is 5. The lowest BCUT2D eigenvalue weighted by Crippen LogP contribution is -2.26. The van der Waals surface area contributed by atoms with Crippen molar-refractivity contribution in [2.24, 2.45) is 0 Å². The number of carbonyl (C=O) groups excluding carboxylic acids is 1. The fraction of sp³-hybridized carbons (Fsp3) is 0.273. The SMILES string of the molecule is CC(OC(=O)COc1ccccc1N)C(=O)O. The highest BCUT2D eigenvalue weighted by Gasteiger charge is 2.16. The highest BCUT2D eigenvalue weighted by Crippen LogP contribution is 2.19. The van der Waals surface area contributed by atoms with Crippen molar-refractivity contribution in [3.05, 3.63) is 24.3 Å². The summed E-state index contributed by atoms with van der Waals surface area (Å²) in [5, 5.41) is 8.52. The summed E-state index contributed by atoms with van der Waals surface area (Å²) in [5.41, 5.74) is 5.98. The van der Waals surface area contributed by atoms with E-state index in [1.165, 1.54) is 6.92 Å². The van der Waals surface area contributed by atoms with E-state index in [9.17, 15) is 9.59 Å². The Balaban J connectivity index is 2.44. The van der Waals surface area contributed by atoms with Gasteiger partial charge in [-0.2, -0.15) is 0 Å². The van der Waals surface area contributed by atoms with Gasteiger partial charge >= 0.3 is 11.9 Å². The smallest absolute Gasteiger partial charge is 0.345 e. The summed E-state index contributed by atoms with van der Waals surface area (Å²) in [6.07, 6.45) is -1.20. The number of carboxylic acids is 1. The van der Waals surface area contributed by atoms with Crippen LogP contribution in [0.4, 0.5) is 5.69 Å². The van der Waals surface area contributed by atoms with Crippen molar-refractivity contribution >= 4 is 17.6 Å². The number of esters is 1. The van der Waals surface area contributed by atoms with Gasteiger partial charge < -0.3 is 20.3 Å². The molecule has 0 amide bonds. The Morgan fingerprint density at radius 3 is 2.65 bits per heavy atom. The molecule has 6 heteroatoms. The molecule has 0 aliphatic carbocycles. The van der Waals surface area contributed by atoms with Crippen LogP contribution >= 0.6 is 0 Å². The second-order valence-corrected chi connectivity index (χ2v) is 3.30. The van der Waals surface area contributed by atoms with Crippen molar-refractivity contribution in [3.63, 3.8) is 0 Å². The molecule has 0 saturated carbocycles. The first-order chi connectivity index (χ1) is 8.00. The number of hydrogen-bond acceptors (Lipinski definition) is 5. The quantitative estimate of drug-likeness (QED) is 0.578. The molecule has 0 heterocycles. The molecular formula is C11H13NO5. The average molecular weight is 239 g/mol.